The van der Waals surface area contributed by atoms with Gasteiger partial charge in [0.25, 0.3) is 0 Å². The molecule has 1 aliphatic carbocycles. The third-order valence-electron chi connectivity index (χ3n) is 6.75. The van der Waals surface area contributed by atoms with Gasteiger partial charge in [-0.3, -0.25) is 4.98 Å². The molecule has 1 aliphatic heterocycles. The van der Waals surface area contributed by atoms with Gasteiger partial charge in [-0.05, 0) is 68.8 Å². The second-order valence-corrected chi connectivity index (χ2v) is 8.96. The SMILES string of the molecule is OC(CN1CCC(CNc2nc(-c3ccncc3)nc3c2CCC3)CC1)c1ccccc1. The molecule has 5 rings (SSSR count). The third-order valence-corrected chi connectivity index (χ3v) is 6.75. The van der Waals surface area contributed by atoms with Gasteiger partial charge in [0.15, 0.2) is 5.82 Å². The number of rotatable bonds is 7. The van der Waals surface area contributed by atoms with Crippen molar-refractivity contribution in [3.8, 4) is 11.4 Å². The maximum atomic E-state index is 10.5. The Bertz CT molecular complexity index is 1020. The first-order valence-electron chi connectivity index (χ1n) is 11.8. The van der Waals surface area contributed by atoms with Crippen LogP contribution in [0.4, 0.5) is 5.82 Å². The molecule has 0 spiro atoms. The van der Waals surface area contributed by atoms with Gasteiger partial charge in [0.2, 0.25) is 0 Å². The fourth-order valence-corrected chi connectivity index (χ4v) is 4.85. The normalized spacial score (nSPS) is 17.8. The lowest BCUT2D eigenvalue weighted by Gasteiger charge is -2.33. The number of pyridine rings is 1. The summed E-state index contributed by atoms with van der Waals surface area (Å²) in [6, 6.07) is 13.9. The van der Waals surface area contributed by atoms with Gasteiger partial charge in [-0.1, -0.05) is 30.3 Å². The van der Waals surface area contributed by atoms with Crippen molar-refractivity contribution in [1.82, 2.24) is 19.9 Å². The molecule has 2 aromatic heterocycles. The highest BCUT2D eigenvalue weighted by molar-refractivity contribution is 5.60. The number of hydrogen-bond acceptors (Lipinski definition) is 6. The van der Waals surface area contributed by atoms with Gasteiger partial charge in [-0.2, -0.15) is 0 Å². The van der Waals surface area contributed by atoms with E-state index >= 15 is 0 Å². The number of aliphatic hydroxyl groups is 1. The molecule has 6 heteroatoms. The summed E-state index contributed by atoms with van der Waals surface area (Å²) >= 11 is 0. The van der Waals surface area contributed by atoms with Crippen LogP contribution in [-0.2, 0) is 12.8 Å². The van der Waals surface area contributed by atoms with Crippen molar-refractivity contribution in [2.45, 2.75) is 38.2 Å². The van der Waals surface area contributed by atoms with Gasteiger partial charge in [-0.25, -0.2) is 9.97 Å². The van der Waals surface area contributed by atoms with Crippen molar-refractivity contribution in [3.05, 3.63) is 71.7 Å². The summed E-state index contributed by atoms with van der Waals surface area (Å²) in [5.74, 6) is 2.43. The summed E-state index contributed by atoms with van der Waals surface area (Å²) in [5.41, 5.74) is 4.51. The number of nitrogens with one attached hydrogen (secondary N) is 1. The van der Waals surface area contributed by atoms with E-state index in [-0.39, 0.29) is 0 Å². The van der Waals surface area contributed by atoms with Crippen molar-refractivity contribution in [3.63, 3.8) is 0 Å². The Morgan fingerprint density at radius 2 is 1.78 bits per heavy atom. The molecule has 1 aromatic carbocycles. The predicted molar refractivity (Wildman–Crippen MR) is 126 cm³/mol. The van der Waals surface area contributed by atoms with Crippen molar-refractivity contribution in [1.29, 1.82) is 0 Å². The summed E-state index contributed by atoms with van der Waals surface area (Å²) in [6.45, 7) is 3.70. The molecule has 32 heavy (non-hydrogen) atoms. The second kappa shape index (κ2) is 9.76. The summed E-state index contributed by atoms with van der Waals surface area (Å²) in [4.78, 5) is 16.2. The minimum absolute atomic E-state index is 0.416. The Kier molecular flexibility index (Phi) is 6.41. The zero-order chi connectivity index (χ0) is 21.8. The van der Waals surface area contributed by atoms with Gasteiger partial charge in [0, 0.05) is 42.3 Å². The molecule has 0 saturated carbocycles. The smallest absolute Gasteiger partial charge is 0.161 e. The van der Waals surface area contributed by atoms with E-state index < -0.39 is 6.10 Å². The lowest BCUT2D eigenvalue weighted by atomic mass is 9.96. The summed E-state index contributed by atoms with van der Waals surface area (Å²) in [5, 5.41) is 14.2. The van der Waals surface area contributed by atoms with Crippen molar-refractivity contribution < 1.29 is 5.11 Å². The maximum Gasteiger partial charge on any atom is 0.161 e. The van der Waals surface area contributed by atoms with E-state index in [4.69, 9.17) is 9.97 Å². The van der Waals surface area contributed by atoms with Crippen molar-refractivity contribution in [2.75, 3.05) is 31.5 Å². The molecule has 1 saturated heterocycles. The fraction of sp³-hybridized carbons (Fsp3) is 0.423. The standard InChI is InChI=1S/C26H31N5O/c32-24(20-5-2-1-3-6-20)18-31-15-11-19(12-16-31)17-28-26-22-7-4-8-23(22)29-25(30-26)21-9-13-27-14-10-21/h1-3,5-6,9-10,13-14,19,24,32H,4,7-8,11-12,15-18H2,(H,28,29,30). The largest absolute Gasteiger partial charge is 0.387 e. The van der Waals surface area contributed by atoms with E-state index in [1.165, 1.54) is 11.3 Å². The summed E-state index contributed by atoms with van der Waals surface area (Å²) in [7, 11) is 0. The molecule has 1 unspecified atom stereocenters. The summed E-state index contributed by atoms with van der Waals surface area (Å²) in [6.07, 6.45) is 8.69. The zero-order valence-corrected chi connectivity index (χ0v) is 18.5. The number of aliphatic hydroxyl groups excluding tert-OH is 1. The first-order chi connectivity index (χ1) is 15.8. The molecule has 3 aromatic rings. The number of piperidine rings is 1. The topological polar surface area (TPSA) is 74.2 Å². The Morgan fingerprint density at radius 3 is 2.56 bits per heavy atom. The molecule has 1 atom stereocenters. The highest BCUT2D eigenvalue weighted by Gasteiger charge is 2.24. The van der Waals surface area contributed by atoms with Crippen LogP contribution in [0.15, 0.2) is 54.9 Å². The van der Waals surface area contributed by atoms with Crippen LogP contribution in [-0.4, -0.2) is 51.1 Å². The Labute approximate surface area is 189 Å². The van der Waals surface area contributed by atoms with E-state index in [1.54, 1.807) is 12.4 Å². The van der Waals surface area contributed by atoms with Crippen LogP contribution in [0.1, 0.15) is 42.2 Å². The first kappa shape index (κ1) is 21.0. The molecule has 3 heterocycles. The van der Waals surface area contributed by atoms with Gasteiger partial charge >= 0.3 is 0 Å². The number of anilines is 1. The number of β-amino-alcohol motifs (C(OH)–C–C–N with tert-alkyl or cyclic N) is 1. The highest BCUT2D eigenvalue weighted by Crippen LogP contribution is 2.30. The number of nitrogens with zero attached hydrogens (tertiary/aromatic N) is 4. The number of likely N-dealkylation sites (tertiary alicyclic amines) is 1. The second-order valence-electron chi connectivity index (χ2n) is 8.96. The molecule has 0 radical (unpaired) electrons. The average Bonchev–Trinajstić information content (AvgIpc) is 3.33. The van der Waals surface area contributed by atoms with Gasteiger partial charge in [0.1, 0.15) is 5.82 Å². The van der Waals surface area contributed by atoms with E-state index in [1.807, 2.05) is 42.5 Å². The lowest BCUT2D eigenvalue weighted by molar-refractivity contribution is 0.0909. The Balaban J connectivity index is 1.18. The Morgan fingerprint density at radius 1 is 1.00 bits per heavy atom. The van der Waals surface area contributed by atoms with Crippen LogP contribution in [0.2, 0.25) is 0 Å². The van der Waals surface area contributed by atoms with E-state index in [0.29, 0.717) is 12.5 Å². The highest BCUT2D eigenvalue weighted by atomic mass is 16.3. The number of fused-ring (bicyclic) bond motifs is 1. The first-order valence-corrected chi connectivity index (χ1v) is 11.8. The molecule has 166 valence electrons. The maximum absolute atomic E-state index is 10.5. The molecule has 0 amide bonds. The molecule has 0 bridgehead atoms. The quantitative estimate of drug-likeness (QED) is 0.594. The van der Waals surface area contributed by atoms with Crippen LogP contribution >= 0.6 is 0 Å². The molecule has 6 nitrogen and oxygen atoms in total. The minimum Gasteiger partial charge on any atom is -0.387 e. The molecule has 1 fully saturated rings. The third kappa shape index (κ3) is 4.81. The Hall–Kier alpha value is -2.83. The number of aryl methyl sites for hydroxylation is 1. The van der Waals surface area contributed by atoms with E-state index in [9.17, 15) is 5.11 Å². The van der Waals surface area contributed by atoms with Crippen LogP contribution in [0.3, 0.4) is 0 Å². The van der Waals surface area contributed by atoms with Crippen molar-refractivity contribution >= 4 is 5.82 Å². The molecule has 2 aliphatic rings. The van der Waals surface area contributed by atoms with Crippen molar-refractivity contribution in [2.24, 2.45) is 5.92 Å². The van der Waals surface area contributed by atoms with Crippen LogP contribution < -0.4 is 5.32 Å². The zero-order valence-electron chi connectivity index (χ0n) is 18.5. The van der Waals surface area contributed by atoms with Crippen LogP contribution in [0.25, 0.3) is 11.4 Å². The number of benzene rings is 1. The molecule has 2 N–H and O–H groups in total. The fourth-order valence-electron chi connectivity index (χ4n) is 4.85. The minimum atomic E-state index is -0.416. The lowest BCUT2D eigenvalue weighted by Crippen LogP contribution is -2.38. The molecular weight excluding hydrogens is 398 g/mol. The van der Waals surface area contributed by atoms with Gasteiger partial charge in [0.05, 0.1) is 6.10 Å². The van der Waals surface area contributed by atoms with Gasteiger partial charge in [-0.15, -0.1) is 0 Å². The number of hydrogen-bond donors (Lipinski definition) is 2. The molecular formula is C26H31N5O. The monoisotopic (exact) mass is 429 g/mol. The van der Waals surface area contributed by atoms with E-state index in [2.05, 4.69) is 15.2 Å². The predicted octanol–water partition coefficient (Wildman–Crippen LogP) is 3.88. The van der Waals surface area contributed by atoms with Gasteiger partial charge < -0.3 is 15.3 Å². The average molecular weight is 430 g/mol. The number of aromatic nitrogens is 3. The van der Waals surface area contributed by atoms with E-state index in [0.717, 1.165) is 74.5 Å². The summed E-state index contributed by atoms with van der Waals surface area (Å²) < 4.78 is 0. The van der Waals surface area contributed by atoms with Crippen LogP contribution in [0.5, 0.6) is 0 Å². The van der Waals surface area contributed by atoms with Crippen LogP contribution in [0, 0.1) is 5.92 Å².